The third-order valence-electron chi connectivity index (χ3n) is 2.52. The molecule has 0 radical (unpaired) electrons. The number of benzene rings is 1. The van der Waals surface area contributed by atoms with Gasteiger partial charge in [-0.05, 0) is 27.6 Å². The van der Waals surface area contributed by atoms with E-state index < -0.39 is 0 Å². The molecule has 0 saturated carbocycles. The van der Waals surface area contributed by atoms with Gasteiger partial charge in [0, 0.05) is 18.8 Å². The third kappa shape index (κ3) is 2.38. The van der Waals surface area contributed by atoms with Crippen LogP contribution in [0, 0.1) is 5.82 Å². The van der Waals surface area contributed by atoms with Gasteiger partial charge in [0.05, 0.1) is 16.7 Å². The van der Waals surface area contributed by atoms with Crippen LogP contribution in [0.25, 0.3) is 0 Å². The molecule has 0 aliphatic rings. The van der Waals surface area contributed by atoms with E-state index in [9.17, 15) is 4.39 Å². The summed E-state index contributed by atoms with van der Waals surface area (Å²) in [5.74, 6) is 5.22. The maximum Gasteiger partial charge on any atom is 0.137 e. The summed E-state index contributed by atoms with van der Waals surface area (Å²) in [5, 5.41) is 4.08. The average molecular weight is 299 g/mol. The Hall–Kier alpha value is -1.24. The van der Waals surface area contributed by atoms with E-state index >= 15 is 0 Å². The normalized spacial score (nSPS) is 12.7. The number of rotatable bonds is 3. The van der Waals surface area contributed by atoms with Crippen LogP contribution in [0.4, 0.5) is 4.39 Å². The molecule has 1 unspecified atom stereocenters. The van der Waals surface area contributed by atoms with Crippen molar-refractivity contribution in [2.75, 3.05) is 0 Å². The molecule has 1 atom stereocenters. The standard InChI is InChI=1S/C11H12BrFN4/c1-17-6-7(5-15-17)11(16-14)8-3-2-4-9(13)10(8)12/h2-6,11,16H,14H2,1H3. The summed E-state index contributed by atoms with van der Waals surface area (Å²) in [7, 11) is 1.82. The van der Waals surface area contributed by atoms with Crippen LogP contribution in [0.2, 0.25) is 0 Å². The lowest BCUT2D eigenvalue weighted by Gasteiger charge is -2.16. The second kappa shape index (κ2) is 4.95. The largest absolute Gasteiger partial charge is 0.275 e. The highest BCUT2D eigenvalue weighted by Crippen LogP contribution is 2.29. The van der Waals surface area contributed by atoms with Crippen LogP contribution in [-0.2, 0) is 7.05 Å². The van der Waals surface area contributed by atoms with Crippen molar-refractivity contribution in [3.63, 3.8) is 0 Å². The molecule has 2 rings (SSSR count). The number of hydrogen-bond donors (Lipinski definition) is 2. The first-order valence-corrected chi connectivity index (χ1v) is 5.81. The van der Waals surface area contributed by atoms with Gasteiger partial charge in [-0.15, -0.1) is 0 Å². The molecule has 0 bridgehead atoms. The van der Waals surface area contributed by atoms with Crippen molar-refractivity contribution in [3.8, 4) is 0 Å². The van der Waals surface area contributed by atoms with Crippen molar-refractivity contribution >= 4 is 15.9 Å². The highest BCUT2D eigenvalue weighted by molar-refractivity contribution is 9.10. The Morgan fingerprint density at radius 3 is 2.88 bits per heavy atom. The predicted molar refractivity (Wildman–Crippen MR) is 66.5 cm³/mol. The van der Waals surface area contributed by atoms with Gasteiger partial charge in [0.1, 0.15) is 5.82 Å². The number of hydrazine groups is 1. The Balaban J connectivity index is 2.45. The number of aromatic nitrogens is 2. The minimum Gasteiger partial charge on any atom is -0.275 e. The molecule has 4 nitrogen and oxygen atoms in total. The number of aryl methyl sites for hydroxylation is 1. The monoisotopic (exact) mass is 298 g/mol. The van der Waals surface area contributed by atoms with Gasteiger partial charge in [0.25, 0.3) is 0 Å². The lowest BCUT2D eigenvalue weighted by molar-refractivity contribution is 0.597. The smallest absolute Gasteiger partial charge is 0.137 e. The van der Waals surface area contributed by atoms with Crippen molar-refractivity contribution in [2.45, 2.75) is 6.04 Å². The fourth-order valence-corrected chi connectivity index (χ4v) is 2.19. The third-order valence-corrected chi connectivity index (χ3v) is 3.35. The molecule has 3 N–H and O–H groups in total. The highest BCUT2D eigenvalue weighted by atomic mass is 79.9. The van der Waals surface area contributed by atoms with Crippen LogP contribution < -0.4 is 11.3 Å². The average Bonchev–Trinajstić information content (AvgIpc) is 2.72. The quantitative estimate of drug-likeness (QED) is 0.672. The van der Waals surface area contributed by atoms with Crippen LogP contribution >= 0.6 is 15.9 Å². The Labute approximate surface area is 107 Å². The van der Waals surface area contributed by atoms with Gasteiger partial charge >= 0.3 is 0 Å². The van der Waals surface area contributed by atoms with Gasteiger partial charge in [-0.1, -0.05) is 12.1 Å². The van der Waals surface area contributed by atoms with Gasteiger partial charge in [0.2, 0.25) is 0 Å². The zero-order chi connectivity index (χ0) is 12.4. The number of nitrogens with zero attached hydrogens (tertiary/aromatic N) is 2. The molecular formula is C11H12BrFN4. The first-order valence-electron chi connectivity index (χ1n) is 5.02. The fraction of sp³-hybridized carbons (Fsp3) is 0.182. The maximum atomic E-state index is 13.5. The lowest BCUT2D eigenvalue weighted by Crippen LogP contribution is -2.29. The molecule has 0 fully saturated rings. The molecule has 0 spiro atoms. The topological polar surface area (TPSA) is 55.9 Å². The van der Waals surface area contributed by atoms with Crippen LogP contribution in [0.3, 0.4) is 0 Å². The summed E-state index contributed by atoms with van der Waals surface area (Å²) < 4.78 is 15.5. The first kappa shape index (κ1) is 12.2. The van der Waals surface area contributed by atoms with E-state index in [0.717, 1.165) is 11.1 Å². The highest BCUT2D eigenvalue weighted by Gasteiger charge is 2.18. The number of hydrogen-bond acceptors (Lipinski definition) is 3. The molecule has 1 heterocycles. The Kier molecular flexibility index (Phi) is 3.56. The van der Waals surface area contributed by atoms with E-state index in [1.807, 2.05) is 19.3 Å². The van der Waals surface area contributed by atoms with Crippen molar-refractivity contribution in [1.29, 1.82) is 0 Å². The molecule has 1 aromatic heterocycles. The summed E-state index contributed by atoms with van der Waals surface area (Å²) >= 11 is 3.23. The van der Waals surface area contributed by atoms with Gasteiger partial charge in [-0.2, -0.15) is 5.10 Å². The van der Waals surface area contributed by atoms with E-state index in [4.69, 9.17) is 5.84 Å². The van der Waals surface area contributed by atoms with Crippen molar-refractivity contribution < 1.29 is 4.39 Å². The second-order valence-electron chi connectivity index (χ2n) is 3.69. The van der Waals surface area contributed by atoms with E-state index in [2.05, 4.69) is 26.5 Å². The van der Waals surface area contributed by atoms with Crippen LogP contribution in [0.15, 0.2) is 35.1 Å². The Morgan fingerprint density at radius 2 is 2.29 bits per heavy atom. The summed E-state index contributed by atoms with van der Waals surface area (Å²) in [6, 6.07) is 4.55. The molecular weight excluding hydrogens is 287 g/mol. The van der Waals surface area contributed by atoms with E-state index in [1.54, 1.807) is 16.9 Å². The summed E-state index contributed by atoms with van der Waals surface area (Å²) in [4.78, 5) is 0. The van der Waals surface area contributed by atoms with Crippen LogP contribution in [0.5, 0.6) is 0 Å². The first-order chi connectivity index (χ1) is 8.13. The zero-order valence-corrected chi connectivity index (χ0v) is 10.8. The van der Waals surface area contributed by atoms with Crippen molar-refractivity contribution in [3.05, 3.63) is 52.0 Å². The van der Waals surface area contributed by atoms with Gasteiger partial charge in [-0.3, -0.25) is 10.5 Å². The van der Waals surface area contributed by atoms with Crippen LogP contribution in [-0.4, -0.2) is 9.78 Å². The van der Waals surface area contributed by atoms with E-state index in [1.165, 1.54) is 6.07 Å². The molecule has 1 aromatic carbocycles. The minimum absolute atomic E-state index is 0.297. The molecule has 0 saturated heterocycles. The molecule has 2 aromatic rings. The van der Waals surface area contributed by atoms with E-state index in [0.29, 0.717) is 4.47 Å². The SMILES string of the molecule is Cn1cc(C(NN)c2cccc(F)c2Br)cn1. The second-order valence-corrected chi connectivity index (χ2v) is 4.48. The zero-order valence-electron chi connectivity index (χ0n) is 9.19. The minimum atomic E-state index is -0.313. The molecule has 6 heteroatoms. The van der Waals surface area contributed by atoms with Crippen LogP contribution in [0.1, 0.15) is 17.2 Å². The van der Waals surface area contributed by atoms with Crippen molar-refractivity contribution in [2.24, 2.45) is 12.9 Å². The Morgan fingerprint density at radius 1 is 1.53 bits per heavy atom. The predicted octanol–water partition coefficient (Wildman–Crippen LogP) is 1.87. The Bertz CT molecular complexity index is 526. The summed E-state index contributed by atoms with van der Waals surface area (Å²) in [6.45, 7) is 0. The number of halogens is 2. The lowest BCUT2D eigenvalue weighted by atomic mass is 10.0. The number of nitrogens with two attached hydrogens (primary N) is 1. The fourth-order valence-electron chi connectivity index (χ4n) is 1.70. The van der Waals surface area contributed by atoms with Gasteiger partial charge in [0.15, 0.2) is 0 Å². The summed E-state index contributed by atoms with van der Waals surface area (Å²) in [6.07, 6.45) is 3.53. The summed E-state index contributed by atoms with van der Waals surface area (Å²) in [5.41, 5.74) is 4.28. The molecule has 0 aliphatic carbocycles. The molecule has 0 aliphatic heterocycles. The number of nitrogens with one attached hydrogen (secondary N) is 1. The van der Waals surface area contributed by atoms with E-state index in [-0.39, 0.29) is 11.9 Å². The maximum absolute atomic E-state index is 13.5. The van der Waals surface area contributed by atoms with Crippen molar-refractivity contribution in [1.82, 2.24) is 15.2 Å². The van der Waals surface area contributed by atoms with Gasteiger partial charge < -0.3 is 0 Å². The molecule has 90 valence electrons. The van der Waals surface area contributed by atoms with Gasteiger partial charge in [-0.25, -0.2) is 9.82 Å². The molecule has 0 amide bonds. The molecule has 17 heavy (non-hydrogen) atoms.